The third-order valence-electron chi connectivity index (χ3n) is 3.57. The predicted molar refractivity (Wildman–Crippen MR) is 84.3 cm³/mol. The number of anilines is 1. The Morgan fingerprint density at radius 1 is 1.08 bits per heavy atom. The number of carbonyl (C=O) groups excluding carboxylic acids is 2. The van der Waals surface area contributed by atoms with Crippen molar-refractivity contribution in [3.05, 3.63) is 64.5 Å². The lowest BCUT2D eigenvalue weighted by molar-refractivity contribution is -0.117. The summed E-state index contributed by atoms with van der Waals surface area (Å²) in [5.41, 5.74) is 1.37. The van der Waals surface area contributed by atoms with E-state index in [1.807, 2.05) is 6.07 Å². The van der Waals surface area contributed by atoms with Gasteiger partial charge in [0.2, 0.25) is 5.91 Å². The van der Waals surface area contributed by atoms with Crippen molar-refractivity contribution in [1.29, 1.82) is 5.26 Å². The highest BCUT2D eigenvalue weighted by Crippen LogP contribution is 2.20. The average Bonchev–Trinajstić information content (AvgIpc) is 2.56. The van der Waals surface area contributed by atoms with E-state index >= 15 is 0 Å². The van der Waals surface area contributed by atoms with E-state index in [0.717, 1.165) is 5.56 Å². The molecule has 0 saturated carbocycles. The molecule has 2 aromatic rings. The van der Waals surface area contributed by atoms with Gasteiger partial charge in [0.25, 0.3) is 0 Å². The Hall–Kier alpha value is -3.14. The van der Waals surface area contributed by atoms with Gasteiger partial charge in [-0.2, -0.15) is 5.26 Å². The molecule has 0 fully saturated rings. The highest BCUT2D eigenvalue weighted by Gasteiger charge is 2.29. The predicted octanol–water partition coefficient (Wildman–Crippen LogP) is 3.68. The molecule has 7 heteroatoms. The van der Waals surface area contributed by atoms with E-state index in [0.29, 0.717) is 23.4 Å². The fourth-order valence-corrected chi connectivity index (χ4v) is 2.18. The van der Waals surface area contributed by atoms with Gasteiger partial charge in [-0.05, 0) is 43.2 Å². The normalized spacial score (nSPS) is 11.5. The number of aryl methyl sites for hydroxylation is 2. The largest absolute Gasteiger partial charge is 0.324 e. The van der Waals surface area contributed by atoms with Crippen LogP contribution in [0.25, 0.3) is 0 Å². The van der Waals surface area contributed by atoms with Crippen LogP contribution in [0.15, 0.2) is 30.3 Å². The molecule has 0 aromatic heterocycles. The second-order valence-corrected chi connectivity index (χ2v) is 5.49. The fourth-order valence-electron chi connectivity index (χ4n) is 2.18. The zero-order valence-corrected chi connectivity index (χ0v) is 13.4. The molecule has 0 saturated heterocycles. The van der Waals surface area contributed by atoms with Gasteiger partial charge in [-0.15, -0.1) is 0 Å². The molecular weight excluding hydrogens is 333 g/mol. The minimum Gasteiger partial charge on any atom is -0.324 e. The Balaban J connectivity index is 2.30. The standard InChI is InChI=1S/C18H13F3N2O2/c1-9-3-4-10(2)15(5-9)23-18(25)12(8-22)17(24)11-6-13(19)16(21)14(20)7-11/h3-7,12H,1-2H3,(H,23,25)/t12-/m0/s1. The molecule has 128 valence electrons. The third kappa shape index (κ3) is 3.86. The molecule has 1 amide bonds. The number of nitrogens with one attached hydrogen (secondary N) is 1. The first-order valence-electron chi connectivity index (χ1n) is 7.21. The molecule has 0 unspecified atom stereocenters. The van der Waals surface area contributed by atoms with Gasteiger partial charge >= 0.3 is 0 Å². The lowest BCUT2D eigenvalue weighted by Gasteiger charge is -2.12. The number of Topliss-reactive ketones (excluding diaryl/α,β-unsaturated/α-hetero) is 1. The van der Waals surface area contributed by atoms with Crippen LogP contribution in [0.5, 0.6) is 0 Å². The van der Waals surface area contributed by atoms with Gasteiger partial charge in [-0.25, -0.2) is 13.2 Å². The van der Waals surface area contributed by atoms with Crippen LogP contribution in [0.2, 0.25) is 0 Å². The molecule has 0 spiro atoms. The second-order valence-electron chi connectivity index (χ2n) is 5.49. The Labute approximate surface area is 141 Å². The third-order valence-corrected chi connectivity index (χ3v) is 3.57. The number of hydrogen-bond donors (Lipinski definition) is 1. The number of nitrogens with zero attached hydrogens (tertiary/aromatic N) is 1. The van der Waals surface area contributed by atoms with Crippen LogP contribution >= 0.6 is 0 Å². The van der Waals surface area contributed by atoms with Crippen molar-refractivity contribution in [2.24, 2.45) is 5.92 Å². The Kier molecular flexibility index (Phi) is 5.22. The van der Waals surface area contributed by atoms with Gasteiger partial charge in [-0.3, -0.25) is 9.59 Å². The summed E-state index contributed by atoms with van der Waals surface area (Å²) < 4.78 is 39.5. The molecule has 1 N–H and O–H groups in total. The first kappa shape index (κ1) is 18.2. The molecule has 0 aliphatic heterocycles. The topological polar surface area (TPSA) is 70.0 Å². The minimum atomic E-state index is -1.83. The highest BCUT2D eigenvalue weighted by atomic mass is 19.2. The van der Waals surface area contributed by atoms with Crippen LogP contribution in [-0.4, -0.2) is 11.7 Å². The van der Waals surface area contributed by atoms with Gasteiger partial charge < -0.3 is 5.32 Å². The van der Waals surface area contributed by atoms with Crippen molar-refractivity contribution in [2.45, 2.75) is 13.8 Å². The van der Waals surface area contributed by atoms with Crippen molar-refractivity contribution >= 4 is 17.4 Å². The van der Waals surface area contributed by atoms with E-state index in [4.69, 9.17) is 5.26 Å². The van der Waals surface area contributed by atoms with E-state index in [2.05, 4.69) is 5.32 Å². The summed E-state index contributed by atoms with van der Waals surface area (Å²) in [5.74, 6) is -8.77. The zero-order valence-electron chi connectivity index (χ0n) is 13.4. The molecule has 0 aliphatic rings. The lowest BCUT2D eigenvalue weighted by atomic mass is 9.97. The van der Waals surface area contributed by atoms with Crippen molar-refractivity contribution in [3.63, 3.8) is 0 Å². The maximum Gasteiger partial charge on any atom is 0.249 e. The SMILES string of the molecule is Cc1ccc(C)c(NC(=O)[C@@H](C#N)C(=O)c2cc(F)c(F)c(F)c2)c1. The number of nitriles is 1. The molecule has 1 atom stereocenters. The van der Waals surface area contributed by atoms with Crippen LogP contribution in [0.3, 0.4) is 0 Å². The number of hydrogen-bond acceptors (Lipinski definition) is 3. The summed E-state index contributed by atoms with van der Waals surface area (Å²) in [5, 5.41) is 11.6. The molecule has 0 aliphatic carbocycles. The van der Waals surface area contributed by atoms with Crippen LogP contribution in [-0.2, 0) is 4.79 Å². The van der Waals surface area contributed by atoms with Gasteiger partial charge in [0.1, 0.15) is 0 Å². The number of ketones is 1. The first-order chi connectivity index (χ1) is 11.7. The van der Waals surface area contributed by atoms with Crippen molar-refractivity contribution in [1.82, 2.24) is 0 Å². The molecule has 2 aromatic carbocycles. The number of benzene rings is 2. The summed E-state index contributed by atoms with van der Waals surface area (Å²) in [7, 11) is 0. The van der Waals surface area contributed by atoms with Crippen LogP contribution < -0.4 is 5.32 Å². The quantitative estimate of drug-likeness (QED) is 0.521. The fraction of sp³-hybridized carbons (Fsp3) is 0.167. The molecule has 0 bridgehead atoms. The number of carbonyl (C=O) groups is 2. The molecule has 4 nitrogen and oxygen atoms in total. The molecule has 2 rings (SSSR count). The first-order valence-corrected chi connectivity index (χ1v) is 7.21. The molecule has 0 heterocycles. The van der Waals surface area contributed by atoms with E-state index in [-0.39, 0.29) is 0 Å². The van der Waals surface area contributed by atoms with Gasteiger partial charge in [0.15, 0.2) is 29.2 Å². The van der Waals surface area contributed by atoms with E-state index in [1.165, 1.54) is 6.07 Å². The van der Waals surface area contributed by atoms with Crippen molar-refractivity contribution in [2.75, 3.05) is 5.32 Å². The zero-order chi connectivity index (χ0) is 18.7. The highest BCUT2D eigenvalue weighted by molar-refractivity contribution is 6.15. The van der Waals surface area contributed by atoms with E-state index in [1.54, 1.807) is 26.0 Å². The lowest BCUT2D eigenvalue weighted by Crippen LogP contribution is -2.29. The summed E-state index contributed by atoms with van der Waals surface area (Å²) >= 11 is 0. The van der Waals surface area contributed by atoms with Gasteiger partial charge in [0, 0.05) is 11.3 Å². The average molecular weight is 346 g/mol. The minimum absolute atomic E-state index is 0.412. The number of rotatable bonds is 4. The van der Waals surface area contributed by atoms with Gasteiger partial charge in [-0.1, -0.05) is 12.1 Å². The van der Waals surface area contributed by atoms with Crippen molar-refractivity contribution in [3.8, 4) is 6.07 Å². The van der Waals surface area contributed by atoms with Gasteiger partial charge in [0.05, 0.1) is 6.07 Å². The summed E-state index contributed by atoms with van der Waals surface area (Å²) in [6.07, 6.45) is 0. The van der Waals surface area contributed by atoms with Crippen molar-refractivity contribution < 1.29 is 22.8 Å². The smallest absolute Gasteiger partial charge is 0.249 e. The Bertz CT molecular complexity index is 881. The monoisotopic (exact) mass is 346 g/mol. The number of amides is 1. The van der Waals surface area contributed by atoms with Crippen LogP contribution in [0.4, 0.5) is 18.9 Å². The summed E-state index contributed by atoms with van der Waals surface area (Å²) in [6, 6.07) is 7.64. The number of halogens is 3. The van der Waals surface area contributed by atoms with Crippen LogP contribution in [0, 0.1) is 48.5 Å². The molecule has 25 heavy (non-hydrogen) atoms. The maximum absolute atomic E-state index is 13.3. The summed E-state index contributed by atoms with van der Waals surface area (Å²) in [6.45, 7) is 3.52. The second kappa shape index (κ2) is 7.18. The van der Waals surface area contributed by atoms with E-state index in [9.17, 15) is 22.8 Å². The Morgan fingerprint density at radius 3 is 2.24 bits per heavy atom. The van der Waals surface area contributed by atoms with E-state index < -0.39 is 40.6 Å². The summed E-state index contributed by atoms with van der Waals surface area (Å²) in [4.78, 5) is 24.5. The molecule has 0 radical (unpaired) electrons. The maximum atomic E-state index is 13.3. The Morgan fingerprint density at radius 2 is 1.68 bits per heavy atom. The van der Waals surface area contributed by atoms with Crippen LogP contribution in [0.1, 0.15) is 21.5 Å². The molecular formula is C18H13F3N2O2.